The summed E-state index contributed by atoms with van der Waals surface area (Å²) in [6, 6.07) is 4.20. The Morgan fingerprint density at radius 2 is 2.00 bits per heavy atom. The van der Waals surface area contributed by atoms with Gasteiger partial charge in [0.25, 0.3) is 0 Å². The Kier molecular flexibility index (Phi) is 4.83. The molecule has 0 spiro atoms. The number of carbonyl (C=O) groups is 1. The Bertz CT molecular complexity index is 538. The summed E-state index contributed by atoms with van der Waals surface area (Å²) in [5, 5.41) is 5.05. The maximum absolute atomic E-state index is 11.6. The predicted molar refractivity (Wildman–Crippen MR) is 64.7 cm³/mol. The minimum absolute atomic E-state index is 0.0799. The van der Waals surface area contributed by atoms with Gasteiger partial charge in [-0.25, -0.2) is 18.4 Å². The molecule has 0 saturated carbocycles. The van der Waals surface area contributed by atoms with Crippen molar-refractivity contribution in [2.75, 3.05) is 20.3 Å². The second-order valence-corrected chi connectivity index (χ2v) is 5.18. The van der Waals surface area contributed by atoms with Crippen molar-refractivity contribution in [1.29, 1.82) is 0 Å². The zero-order chi connectivity index (χ0) is 13.8. The number of primary sulfonamides is 1. The number of benzene rings is 1. The molecule has 0 fully saturated rings. The minimum atomic E-state index is -3.85. The van der Waals surface area contributed by atoms with Crippen LogP contribution in [0, 0.1) is 6.92 Å². The van der Waals surface area contributed by atoms with Gasteiger partial charge in [-0.15, -0.1) is 0 Å². The summed E-state index contributed by atoms with van der Waals surface area (Å²) >= 11 is 0. The highest BCUT2D eigenvalue weighted by Crippen LogP contribution is 2.16. The summed E-state index contributed by atoms with van der Waals surface area (Å²) in [6.07, 6.45) is 0. The number of nitrogens with two attached hydrogens (primary N) is 1. The lowest BCUT2D eigenvalue weighted by Crippen LogP contribution is -2.16. The van der Waals surface area contributed by atoms with Gasteiger partial charge < -0.3 is 9.47 Å². The number of aryl methyl sites for hydroxylation is 1. The van der Waals surface area contributed by atoms with E-state index in [9.17, 15) is 13.2 Å². The van der Waals surface area contributed by atoms with Crippen LogP contribution in [0.25, 0.3) is 0 Å². The zero-order valence-corrected chi connectivity index (χ0v) is 11.0. The molecule has 2 N–H and O–H groups in total. The van der Waals surface area contributed by atoms with Gasteiger partial charge in [0.1, 0.15) is 6.61 Å². The number of carbonyl (C=O) groups excluding carboxylic acids is 1. The molecule has 1 aromatic carbocycles. The van der Waals surface area contributed by atoms with Crippen LogP contribution in [0.3, 0.4) is 0 Å². The van der Waals surface area contributed by atoms with Gasteiger partial charge in [-0.3, -0.25) is 0 Å². The molecule has 0 aliphatic heterocycles. The highest BCUT2D eigenvalue weighted by atomic mass is 32.2. The number of sulfonamides is 1. The van der Waals surface area contributed by atoms with E-state index in [-0.39, 0.29) is 23.7 Å². The Morgan fingerprint density at radius 3 is 2.56 bits per heavy atom. The molecule has 1 rings (SSSR count). The van der Waals surface area contributed by atoms with Crippen LogP contribution in [0.4, 0.5) is 0 Å². The molecular formula is C11H15NO5S. The normalized spacial score (nSPS) is 11.3. The lowest BCUT2D eigenvalue weighted by Gasteiger charge is -2.07. The average Bonchev–Trinajstić information content (AvgIpc) is 2.28. The van der Waals surface area contributed by atoms with Crippen LogP contribution in [0.2, 0.25) is 0 Å². The third-order valence-corrected chi connectivity index (χ3v) is 3.30. The molecule has 0 atom stereocenters. The largest absolute Gasteiger partial charge is 0.460 e. The first-order valence-corrected chi connectivity index (χ1v) is 6.70. The van der Waals surface area contributed by atoms with Crippen LogP contribution < -0.4 is 5.14 Å². The third-order valence-electron chi connectivity index (χ3n) is 2.25. The van der Waals surface area contributed by atoms with Gasteiger partial charge in [0.2, 0.25) is 10.0 Å². The topological polar surface area (TPSA) is 95.7 Å². The van der Waals surface area contributed by atoms with E-state index in [1.165, 1.54) is 25.3 Å². The molecule has 0 bridgehead atoms. The van der Waals surface area contributed by atoms with Crippen LogP contribution in [-0.4, -0.2) is 34.7 Å². The molecule has 6 nitrogen and oxygen atoms in total. The second kappa shape index (κ2) is 5.94. The van der Waals surface area contributed by atoms with E-state index in [1.54, 1.807) is 6.92 Å². The molecule has 0 amide bonds. The molecule has 0 unspecified atom stereocenters. The van der Waals surface area contributed by atoms with E-state index in [0.717, 1.165) is 0 Å². The minimum Gasteiger partial charge on any atom is -0.460 e. The van der Waals surface area contributed by atoms with Gasteiger partial charge in [0.05, 0.1) is 17.1 Å². The van der Waals surface area contributed by atoms with Crippen LogP contribution >= 0.6 is 0 Å². The molecule has 0 heterocycles. The van der Waals surface area contributed by atoms with Crippen molar-refractivity contribution >= 4 is 16.0 Å². The maximum atomic E-state index is 11.6. The number of hydrogen-bond donors (Lipinski definition) is 1. The third kappa shape index (κ3) is 3.80. The molecular weight excluding hydrogens is 258 g/mol. The fourth-order valence-corrected chi connectivity index (χ4v) is 2.14. The molecule has 100 valence electrons. The average molecular weight is 273 g/mol. The zero-order valence-electron chi connectivity index (χ0n) is 10.2. The van der Waals surface area contributed by atoms with Crippen LogP contribution in [0.15, 0.2) is 23.1 Å². The summed E-state index contributed by atoms with van der Waals surface area (Å²) in [4.78, 5) is 11.5. The quantitative estimate of drug-likeness (QED) is 0.620. The molecule has 0 aliphatic carbocycles. The summed E-state index contributed by atoms with van der Waals surface area (Å²) in [7, 11) is -2.36. The number of rotatable bonds is 5. The van der Waals surface area contributed by atoms with Crippen molar-refractivity contribution in [3.8, 4) is 0 Å². The molecule has 18 heavy (non-hydrogen) atoms. The standard InChI is InChI=1S/C11H15NO5S/c1-8-3-4-9(7-10(8)18(12,14)15)11(13)17-6-5-16-2/h3-4,7H,5-6H2,1-2H3,(H2,12,14,15). The first-order chi connectivity index (χ1) is 8.36. The number of methoxy groups -OCH3 is 1. The molecule has 0 aliphatic rings. The van der Waals surface area contributed by atoms with Gasteiger partial charge in [-0.05, 0) is 24.6 Å². The van der Waals surface area contributed by atoms with E-state index in [4.69, 9.17) is 14.6 Å². The molecule has 0 radical (unpaired) electrons. The van der Waals surface area contributed by atoms with Crippen molar-refractivity contribution in [1.82, 2.24) is 0 Å². The lowest BCUT2D eigenvalue weighted by molar-refractivity contribution is 0.0388. The summed E-state index contributed by atoms with van der Waals surface area (Å²) in [6.45, 7) is 1.98. The molecule has 0 aromatic heterocycles. The fraction of sp³-hybridized carbons (Fsp3) is 0.364. The van der Waals surface area contributed by atoms with Crippen molar-refractivity contribution in [3.63, 3.8) is 0 Å². The number of esters is 1. The van der Waals surface area contributed by atoms with Gasteiger partial charge in [0, 0.05) is 7.11 Å². The van der Waals surface area contributed by atoms with E-state index >= 15 is 0 Å². The Balaban J connectivity index is 2.95. The first kappa shape index (κ1) is 14.6. The van der Waals surface area contributed by atoms with Crippen molar-refractivity contribution in [2.24, 2.45) is 5.14 Å². The van der Waals surface area contributed by atoms with E-state index in [1.807, 2.05) is 0 Å². The van der Waals surface area contributed by atoms with Gasteiger partial charge in [-0.1, -0.05) is 6.07 Å². The van der Waals surface area contributed by atoms with Crippen molar-refractivity contribution < 1.29 is 22.7 Å². The van der Waals surface area contributed by atoms with Crippen LogP contribution in [0.1, 0.15) is 15.9 Å². The molecule has 0 saturated heterocycles. The Labute approximate surface area is 106 Å². The second-order valence-electron chi connectivity index (χ2n) is 3.65. The fourth-order valence-electron chi connectivity index (χ4n) is 1.33. The Hall–Kier alpha value is -1.44. The smallest absolute Gasteiger partial charge is 0.338 e. The highest BCUT2D eigenvalue weighted by Gasteiger charge is 2.15. The van der Waals surface area contributed by atoms with Gasteiger partial charge in [0.15, 0.2) is 0 Å². The SMILES string of the molecule is COCCOC(=O)c1ccc(C)c(S(N)(=O)=O)c1. The van der Waals surface area contributed by atoms with Crippen LogP contribution in [-0.2, 0) is 19.5 Å². The summed E-state index contributed by atoms with van der Waals surface area (Å²) in [5.41, 5.74) is 0.617. The van der Waals surface area contributed by atoms with Gasteiger partial charge in [-0.2, -0.15) is 0 Å². The summed E-state index contributed by atoms with van der Waals surface area (Å²) in [5.74, 6) is -0.614. The number of hydrogen-bond acceptors (Lipinski definition) is 5. The van der Waals surface area contributed by atoms with Crippen molar-refractivity contribution in [2.45, 2.75) is 11.8 Å². The van der Waals surface area contributed by atoms with Crippen LogP contribution in [0.5, 0.6) is 0 Å². The van der Waals surface area contributed by atoms with Crippen molar-refractivity contribution in [3.05, 3.63) is 29.3 Å². The Morgan fingerprint density at radius 1 is 1.33 bits per heavy atom. The van der Waals surface area contributed by atoms with E-state index in [0.29, 0.717) is 5.56 Å². The first-order valence-electron chi connectivity index (χ1n) is 5.16. The van der Waals surface area contributed by atoms with E-state index in [2.05, 4.69) is 0 Å². The monoisotopic (exact) mass is 273 g/mol. The summed E-state index contributed by atoms with van der Waals surface area (Å²) < 4.78 is 32.2. The number of ether oxygens (including phenoxy) is 2. The highest BCUT2D eigenvalue weighted by molar-refractivity contribution is 7.89. The van der Waals surface area contributed by atoms with E-state index < -0.39 is 16.0 Å². The molecule has 7 heteroatoms. The predicted octanol–water partition coefficient (Wildman–Crippen LogP) is 0.446. The maximum Gasteiger partial charge on any atom is 0.338 e. The lowest BCUT2D eigenvalue weighted by atomic mass is 10.1. The molecule has 1 aromatic rings. The van der Waals surface area contributed by atoms with Gasteiger partial charge >= 0.3 is 5.97 Å².